The van der Waals surface area contributed by atoms with Crippen LogP contribution in [0.25, 0.3) is 16.9 Å². The standard InChI is InChI=1S/C21H25N5O2/c1-6-10-24-14(3)15(4)26-17-18(22-20(24)26)23(5)21(28)25(19(17)27)12-16-9-7-8-13(2)11-16/h7-9,11H,6,10,12H2,1-5H3. The fourth-order valence-electron chi connectivity index (χ4n) is 3.94. The normalized spacial score (nSPS) is 11.8. The fourth-order valence-corrected chi connectivity index (χ4v) is 3.94. The number of aromatic nitrogens is 5. The van der Waals surface area contributed by atoms with Crippen LogP contribution in [0.2, 0.25) is 0 Å². The summed E-state index contributed by atoms with van der Waals surface area (Å²) in [5.41, 5.74) is 4.32. The van der Waals surface area contributed by atoms with E-state index in [1.54, 1.807) is 7.05 Å². The molecule has 0 amide bonds. The van der Waals surface area contributed by atoms with E-state index in [0.29, 0.717) is 16.9 Å². The molecule has 3 heterocycles. The second kappa shape index (κ2) is 6.51. The van der Waals surface area contributed by atoms with Crippen LogP contribution < -0.4 is 11.2 Å². The van der Waals surface area contributed by atoms with Gasteiger partial charge in [0, 0.05) is 25.0 Å². The van der Waals surface area contributed by atoms with Crippen LogP contribution in [0.3, 0.4) is 0 Å². The maximum absolute atomic E-state index is 13.4. The van der Waals surface area contributed by atoms with Crippen molar-refractivity contribution in [1.29, 1.82) is 0 Å². The molecular weight excluding hydrogens is 354 g/mol. The highest BCUT2D eigenvalue weighted by Crippen LogP contribution is 2.21. The van der Waals surface area contributed by atoms with E-state index in [1.807, 2.05) is 49.4 Å². The van der Waals surface area contributed by atoms with E-state index in [1.165, 1.54) is 9.13 Å². The molecular formula is C21H25N5O2. The molecule has 0 aliphatic heterocycles. The third-order valence-electron chi connectivity index (χ3n) is 5.50. The highest BCUT2D eigenvalue weighted by atomic mass is 16.2. The lowest BCUT2D eigenvalue weighted by Gasteiger charge is -2.09. The summed E-state index contributed by atoms with van der Waals surface area (Å²) in [7, 11) is 1.68. The zero-order valence-electron chi connectivity index (χ0n) is 17.0. The van der Waals surface area contributed by atoms with Gasteiger partial charge in [-0.25, -0.2) is 4.79 Å². The molecule has 0 spiro atoms. The monoisotopic (exact) mass is 379 g/mol. The third kappa shape index (κ3) is 2.53. The zero-order valence-corrected chi connectivity index (χ0v) is 17.0. The molecule has 0 bridgehead atoms. The molecule has 4 rings (SSSR count). The first-order chi connectivity index (χ1) is 13.3. The van der Waals surface area contributed by atoms with Gasteiger partial charge in [0.15, 0.2) is 11.2 Å². The lowest BCUT2D eigenvalue weighted by atomic mass is 10.1. The van der Waals surface area contributed by atoms with E-state index in [9.17, 15) is 9.59 Å². The van der Waals surface area contributed by atoms with Gasteiger partial charge in [0.25, 0.3) is 5.56 Å². The largest absolute Gasteiger partial charge is 0.332 e. The minimum Gasteiger partial charge on any atom is -0.314 e. The van der Waals surface area contributed by atoms with Crippen molar-refractivity contribution < 1.29 is 0 Å². The van der Waals surface area contributed by atoms with Crippen molar-refractivity contribution in [3.63, 3.8) is 0 Å². The van der Waals surface area contributed by atoms with Gasteiger partial charge in [-0.2, -0.15) is 4.98 Å². The Morgan fingerprint density at radius 3 is 2.46 bits per heavy atom. The van der Waals surface area contributed by atoms with Crippen LogP contribution in [-0.4, -0.2) is 23.1 Å². The molecule has 0 N–H and O–H groups in total. The van der Waals surface area contributed by atoms with E-state index in [0.717, 1.165) is 35.5 Å². The summed E-state index contributed by atoms with van der Waals surface area (Å²) in [6.07, 6.45) is 0.963. The Morgan fingerprint density at radius 2 is 1.79 bits per heavy atom. The highest BCUT2D eigenvalue weighted by Gasteiger charge is 2.22. The molecule has 28 heavy (non-hydrogen) atoms. The zero-order chi connectivity index (χ0) is 20.2. The number of rotatable bonds is 4. The molecule has 0 aliphatic carbocycles. The van der Waals surface area contributed by atoms with Crippen molar-refractivity contribution in [3.05, 3.63) is 67.6 Å². The van der Waals surface area contributed by atoms with Crippen molar-refractivity contribution in [1.82, 2.24) is 23.1 Å². The number of fused-ring (bicyclic) bond motifs is 3. The van der Waals surface area contributed by atoms with Crippen LogP contribution in [0.1, 0.15) is 35.9 Å². The molecule has 0 radical (unpaired) electrons. The summed E-state index contributed by atoms with van der Waals surface area (Å²) in [6, 6.07) is 7.86. The molecule has 0 fully saturated rings. The predicted molar refractivity (Wildman–Crippen MR) is 110 cm³/mol. The third-order valence-corrected chi connectivity index (χ3v) is 5.50. The summed E-state index contributed by atoms with van der Waals surface area (Å²) in [5.74, 6) is 0.715. The lowest BCUT2D eigenvalue weighted by Crippen LogP contribution is -2.39. The van der Waals surface area contributed by atoms with Gasteiger partial charge >= 0.3 is 5.69 Å². The molecule has 0 atom stereocenters. The molecule has 3 aromatic heterocycles. The summed E-state index contributed by atoms with van der Waals surface area (Å²) < 4.78 is 6.79. The Bertz CT molecular complexity index is 1330. The van der Waals surface area contributed by atoms with Crippen molar-refractivity contribution in [2.45, 2.75) is 47.2 Å². The van der Waals surface area contributed by atoms with Crippen LogP contribution >= 0.6 is 0 Å². The number of nitrogens with zero attached hydrogens (tertiary/aromatic N) is 5. The highest BCUT2D eigenvalue weighted by molar-refractivity contribution is 5.76. The van der Waals surface area contributed by atoms with Crippen LogP contribution in [0, 0.1) is 20.8 Å². The van der Waals surface area contributed by atoms with Gasteiger partial charge in [0.05, 0.1) is 6.54 Å². The van der Waals surface area contributed by atoms with Gasteiger partial charge in [-0.3, -0.25) is 18.3 Å². The van der Waals surface area contributed by atoms with Crippen molar-refractivity contribution >= 4 is 16.9 Å². The van der Waals surface area contributed by atoms with Crippen LogP contribution in [0.5, 0.6) is 0 Å². The van der Waals surface area contributed by atoms with E-state index in [-0.39, 0.29) is 17.8 Å². The smallest absolute Gasteiger partial charge is 0.314 e. The molecule has 7 nitrogen and oxygen atoms in total. The molecule has 4 aromatic rings. The van der Waals surface area contributed by atoms with Gasteiger partial charge in [-0.1, -0.05) is 36.8 Å². The Labute approximate surface area is 162 Å². The minimum absolute atomic E-state index is 0.240. The number of benzene rings is 1. The average molecular weight is 379 g/mol. The Morgan fingerprint density at radius 1 is 1.04 bits per heavy atom. The van der Waals surface area contributed by atoms with Gasteiger partial charge in [-0.05, 0) is 32.8 Å². The van der Waals surface area contributed by atoms with Gasteiger partial charge in [0.1, 0.15) is 0 Å². The van der Waals surface area contributed by atoms with Crippen LogP contribution in [0.4, 0.5) is 0 Å². The predicted octanol–water partition coefficient (Wildman–Crippen LogP) is 2.53. The molecule has 0 unspecified atom stereocenters. The molecule has 146 valence electrons. The Hall–Kier alpha value is -3.09. The van der Waals surface area contributed by atoms with Crippen LogP contribution in [-0.2, 0) is 20.1 Å². The van der Waals surface area contributed by atoms with E-state index in [2.05, 4.69) is 16.5 Å². The summed E-state index contributed by atoms with van der Waals surface area (Å²) in [6.45, 7) is 9.20. The fraction of sp³-hybridized carbons (Fsp3) is 0.381. The number of hydrogen-bond acceptors (Lipinski definition) is 3. The first-order valence-electron chi connectivity index (χ1n) is 9.58. The van der Waals surface area contributed by atoms with Crippen molar-refractivity contribution in [2.75, 3.05) is 0 Å². The first kappa shape index (κ1) is 18.3. The number of aryl methyl sites for hydroxylation is 4. The molecule has 1 aromatic carbocycles. The quantitative estimate of drug-likeness (QED) is 0.547. The maximum Gasteiger partial charge on any atom is 0.332 e. The maximum atomic E-state index is 13.4. The molecule has 7 heteroatoms. The SMILES string of the molecule is CCCn1c(C)c(C)n2c3c(=O)n(Cc4cccc(C)c4)c(=O)n(C)c3nc12. The average Bonchev–Trinajstić information content (AvgIpc) is 3.16. The van der Waals surface area contributed by atoms with Crippen LogP contribution in [0.15, 0.2) is 33.9 Å². The molecule has 0 saturated heterocycles. The van der Waals surface area contributed by atoms with Crippen molar-refractivity contribution in [3.8, 4) is 0 Å². The Kier molecular flexibility index (Phi) is 4.25. The summed E-state index contributed by atoms with van der Waals surface area (Å²) in [4.78, 5) is 31.0. The second-order valence-electron chi connectivity index (χ2n) is 7.46. The first-order valence-corrected chi connectivity index (χ1v) is 9.58. The molecule has 0 aliphatic rings. The van der Waals surface area contributed by atoms with Crippen molar-refractivity contribution in [2.24, 2.45) is 7.05 Å². The molecule has 0 saturated carbocycles. The van der Waals surface area contributed by atoms with Gasteiger partial charge < -0.3 is 4.57 Å². The minimum atomic E-state index is -0.351. The number of imidazole rings is 2. The second-order valence-corrected chi connectivity index (χ2v) is 7.46. The van der Waals surface area contributed by atoms with E-state index in [4.69, 9.17) is 0 Å². The topological polar surface area (TPSA) is 66.2 Å². The lowest BCUT2D eigenvalue weighted by molar-refractivity contribution is 0.655. The summed E-state index contributed by atoms with van der Waals surface area (Å²) in [5, 5.41) is 0. The van der Waals surface area contributed by atoms with Gasteiger partial charge in [-0.15, -0.1) is 0 Å². The van der Waals surface area contributed by atoms with Gasteiger partial charge in [0.2, 0.25) is 5.78 Å². The number of hydrogen-bond donors (Lipinski definition) is 0. The van der Waals surface area contributed by atoms with E-state index >= 15 is 0 Å². The Balaban J connectivity index is 2.06. The summed E-state index contributed by atoms with van der Waals surface area (Å²) >= 11 is 0. The van der Waals surface area contributed by atoms with E-state index < -0.39 is 0 Å².